The molecule has 1 aromatic heterocycles. The van der Waals surface area contributed by atoms with Crippen molar-refractivity contribution in [1.29, 1.82) is 5.26 Å². The highest BCUT2D eigenvalue weighted by Crippen LogP contribution is 2.33. The van der Waals surface area contributed by atoms with Gasteiger partial charge in [0.25, 0.3) is 0 Å². The van der Waals surface area contributed by atoms with Gasteiger partial charge in [-0.1, -0.05) is 29.8 Å². The summed E-state index contributed by atoms with van der Waals surface area (Å²) in [6.45, 7) is 1.80. The normalized spacial score (nSPS) is 10.2. The van der Waals surface area contributed by atoms with E-state index >= 15 is 0 Å². The zero-order valence-electron chi connectivity index (χ0n) is 12.7. The fraction of sp³-hybridized carbons (Fsp3) is 0.176. The minimum absolute atomic E-state index is 0.128. The number of rotatable bonds is 5. The standard InChI is InChI=1S/C17H13ClN2O4/c1-9-3-2-4-11(15(9)18)12-7-10(8-19)17(24)16(20-12)13(21)5-6-14(22)23/h2-4,7,24H,5-6H2,1H3,(H,22,23). The predicted molar refractivity (Wildman–Crippen MR) is 87.0 cm³/mol. The molecule has 0 spiro atoms. The van der Waals surface area contributed by atoms with E-state index in [-0.39, 0.29) is 23.4 Å². The van der Waals surface area contributed by atoms with Gasteiger partial charge in [-0.25, -0.2) is 4.98 Å². The molecule has 0 unspecified atom stereocenters. The molecule has 0 aliphatic carbocycles. The number of Topliss-reactive ketones (excluding diaryl/α,β-unsaturated/α-hetero) is 1. The molecule has 7 heteroatoms. The maximum absolute atomic E-state index is 12.1. The van der Waals surface area contributed by atoms with E-state index in [2.05, 4.69) is 4.98 Å². The van der Waals surface area contributed by atoms with Gasteiger partial charge in [-0.2, -0.15) is 5.26 Å². The van der Waals surface area contributed by atoms with Crippen molar-refractivity contribution in [2.24, 2.45) is 0 Å². The molecule has 122 valence electrons. The molecule has 1 heterocycles. The van der Waals surface area contributed by atoms with Crippen LogP contribution in [0.2, 0.25) is 5.02 Å². The molecule has 2 rings (SSSR count). The number of nitrogens with zero attached hydrogens (tertiary/aromatic N) is 2. The van der Waals surface area contributed by atoms with E-state index in [0.717, 1.165) is 5.56 Å². The van der Waals surface area contributed by atoms with Crippen LogP contribution in [0, 0.1) is 18.3 Å². The predicted octanol–water partition coefficient (Wildman–Crippen LogP) is 3.34. The van der Waals surface area contributed by atoms with Gasteiger partial charge < -0.3 is 10.2 Å². The zero-order valence-corrected chi connectivity index (χ0v) is 13.5. The Hall–Kier alpha value is -2.91. The molecule has 0 bridgehead atoms. The van der Waals surface area contributed by atoms with Crippen molar-refractivity contribution in [3.8, 4) is 23.1 Å². The summed E-state index contributed by atoms with van der Waals surface area (Å²) in [5.41, 5.74) is 1.11. The maximum atomic E-state index is 12.1. The summed E-state index contributed by atoms with van der Waals surface area (Å²) in [5, 5.41) is 28.3. The Kier molecular flexibility index (Phi) is 5.17. The molecule has 0 aliphatic rings. The first-order valence-electron chi connectivity index (χ1n) is 6.99. The number of aromatic hydroxyl groups is 1. The highest BCUT2D eigenvalue weighted by molar-refractivity contribution is 6.34. The van der Waals surface area contributed by atoms with Crippen molar-refractivity contribution in [2.45, 2.75) is 19.8 Å². The zero-order chi connectivity index (χ0) is 17.9. The Balaban J connectivity index is 2.57. The molecular formula is C17H13ClN2O4. The van der Waals surface area contributed by atoms with Crippen molar-refractivity contribution in [3.05, 3.63) is 46.1 Å². The molecule has 0 radical (unpaired) electrons. The number of pyridine rings is 1. The van der Waals surface area contributed by atoms with Crippen LogP contribution in [0.5, 0.6) is 5.75 Å². The van der Waals surface area contributed by atoms with Crippen LogP contribution >= 0.6 is 11.6 Å². The van der Waals surface area contributed by atoms with Gasteiger partial charge in [-0.05, 0) is 18.6 Å². The Morgan fingerprint density at radius 1 is 1.33 bits per heavy atom. The topological polar surface area (TPSA) is 111 Å². The summed E-state index contributed by atoms with van der Waals surface area (Å²) in [5.74, 6) is -2.35. The fourth-order valence-corrected chi connectivity index (χ4v) is 2.36. The Labute approximate surface area is 143 Å². The molecule has 0 fully saturated rings. The van der Waals surface area contributed by atoms with Crippen LogP contribution < -0.4 is 0 Å². The molecule has 0 atom stereocenters. The summed E-state index contributed by atoms with van der Waals surface area (Å²) in [4.78, 5) is 26.9. The minimum atomic E-state index is -1.14. The number of hydrogen-bond acceptors (Lipinski definition) is 5. The number of nitriles is 1. The summed E-state index contributed by atoms with van der Waals surface area (Å²) >= 11 is 6.25. The van der Waals surface area contributed by atoms with E-state index < -0.39 is 23.9 Å². The lowest BCUT2D eigenvalue weighted by Gasteiger charge is -2.10. The van der Waals surface area contributed by atoms with Gasteiger partial charge in [-0.3, -0.25) is 9.59 Å². The first kappa shape index (κ1) is 17.4. The average molecular weight is 345 g/mol. The molecule has 0 aliphatic heterocycles. The van der Waals surface area contributed by atoms with Crippen molar-refractivity contribution in [1.82, 2.24) is 4.98 Å². The number of carboxylic acid groups (broad SMARTS) is 1. The third-order valence-corrected chi connectivity index (χ3v) is 3.91. The first-order valence-corrected chi connectivity index (χ1v) is 7.37. The van der Waals surface area contributed by atoms with Gasteiger partial charge in [0.1, 0.15) is 11.8 Å². The molecule has 0 amide bonds. The number of aliphatic carboxylic acids is 1. The van der Waals surface area contributed by atoms with Gasteiger partial charge in [0, 0.05) is 12.0 Å². The second-order valence-corrected chi connectivity index (χ2v) is 5.50. The summed E-state index contributed by atoms with van der Waals surface area (Å²) in [7, 11) is 0. The Morgan fingerprint density at radius 2 is 2.04 bits per heavy atom. The van der Waals surface area contributed by atoms with Crippen molar-refractivity contribution in [3.63, 3.8) is 0 Å². The van der Waals surface area contributed by atoms with E-state index in [1.165, 1.54) is 6.07 Å². The quantitative estimate of drug-likeness (QED) is 0.804. The van der Waals surface area contributed by atoms with Crippen molar-refractivity contribution >= 4 is 23.4 Å². The first-order chi connectivity index (χ1) is 11.3. The second kappa shape index (κ2) is 7.11. The third-order valence-electron chi connectivity index (χ3n) is 3.41. The molecule has 1 aromatic carbocycles. The molecule has 2 aromatic rings. The third kappa shape index (κ3) is 3.53. The van der Waals surface area contributed by atoms with Crippen LogP contribution in [0.25, 0.3) is 11.3 Å². The molecule has 0 saturated heterocycles. The number of benzene rings is 1. The summed E-state index contributed by atoms with van der Waals surface area (Å²) in [6.07, 6.45) is -0.719. The monoisotopic (exact) mass is 344 g/mol. The van der Waals surface area contributed by atoms with Crippen LogP contribution in [-0.4, -0.2) is 26.9 Å². The molecule has 6 nitrogen and oxygen atoms in total. The smallest absolute Gasteiger partial charge is 0.303 e. The van der Waals surface area contributed by atoms with E-state index in [1.807, 2.05) is 0 Å². The van der Waals surface area contributed by atoms with Crippen LogP contribution in [-0.2, 0) is 4.79 Å². The number of ketones is 1. The molecule has 2 N–H and O–H groups in total. The van der Waals surface area contributed by atoms with Gasteiger partial charge in [0.2, 0.25) is 0 Å². The van der Waals surface area contributed by atoms with Crippen LogP contribution in [0.3, 0.4) is 0 Å². The van der Waals surface area contributed by atoms with Crippen LogP contribution in [0.15, 0.2) is 24.3 Å². The highest BCUT2D eigenvalue weighted by Gasteiger charge is 2.20. The number of carbonyl (C=O) groups is 2. The van der Waals surface area contributed by atoms with Gasteiger partial charge in [-0.15, -0.1) is 0 Å². The van der Waals surface area contributed by atoms with Gasteiger partial charge in [0.05, 0.1) is 22.7 Å². The number of aromatic nitrogens is 1. The van der Waals surface area contributed by atoms with E-state index in [0.29, 0.717) is 10.6 Å². The van der Waals surface area contributed by atoms with Crippen molar-refractivity contribution < 1.29 is 19.8 Å². The van der Waals surface area contributed by atoms with E-state index in [4.69, 9.17) is 22.0 Å². The number of halogens is 1. The van der Waals surface area contributed by atoms with Gasteiger partial charge >= 0.3 is 5.97 Å². The lowest BCUT2D eigenvalue weighted by molar-refractivity contribution is -0.136. The second-order valence-electron chi connectivity index (χ2n) is 5.12. The summed E-state index contributed by atoms with van der Waals surface area (Å²) in [6, 6.07) is 8.37. The Bertz CT molecular complexity index is 872. The van der Waals surface area contributed by atoms with E-state index in [9.17, 15) is 14.7 Å². The maximum Gasteiger partial charge on any atom is 0.303 e. The SMILES string of the molecule is Cc1cccc(-c2cc(C#N)c(O)c(C(=O)CCC(=O)O)n2)c1Cl. The summed E-state index contributed by atoms with van der Waals surface area (Å²) < 4.78 is 0. The van der Waals surface area contributed by atoms with Crippen LogP contribution in [0.1, 0.15) is 34.5 Å². The highest BCUT2D eigenvalue weighted by atomic mass is 35.5. The lowest BCUT2D eigenvalue weighted by Crippen LogP contribution is -2.08. The van der Waals surface area contributed by atoms with Gasteiger partial charge in [0.15, 0.2) is 11.5 Å². The molecule has 24 heavy (non-hydrogen) atoms. The number of carbonyl (C=O) groups excluding carboxylic acids is 1. The lowest BCUT2D eigenvalue weighted by atomic mass is 10.0. The molecule has 0 saturated carbocycles. The number of hydrogen-bond donors (Lipinski definition) is 2. The number of carboxylic acids is 1. The van der Waals surface area contributed by atoms with Crippen LogP contribution in [0.4, 0.5) is 0 Å². The largest absolute Gasteiger partial charge is 0.504 e. The fourth-order valence-electron chi connectivity index (χ4n) is 2.14. The van der Waals surface area contributed by atoms with E-state index in [1.54, 1.807) is 31.2 Å². The molecular weight excluding hydrogens is 332 g/mol. The van der Waals surface area contributed by atoms with Crippen molar-refractivity contribution in [2.75, 3.05) is 0 Å². The number of aryl methyl sites for hydroxylation is 1. The Morgan fingerprint density at radius 3 is 2.67 bits per heavy atom. The minimum Gasteiger partial charge on any atom is -0.504 e. The average Bonchev–Trinajstić information content (AvgIpc) is 2.55.